The number of hydrogen-bond acceptors (Lipinski definition) is 8. The van der Waals surface area contributed by atoms with Gasteiger partial charge in [-0.3, -0.25) is 4.79 Å². The normalized spacial score (nSPS) is 18.6. The number of carbonyl (C=O) groups is 1. The fourth-order valence-electron chi connectivity index (χ4n) is 11.5. The molecule has 0 radical (unpaired) electrons. The summed E-state index contributed by atoms with van der Waals surface area (Å²) < 4.78 is 11.3. The number of rotatable bonds is 63. The average molecular weight is 1170 g/mol. The fourth-order valence-corrected chi connectivity index (χ4v) is 11.5. The number of amides is 1. The van der Waals surface area contributed by atoms with Gasteiger partial charge in [0.1, 0.15) is 24.4 Å². The zero-order valence-electron chi connectivity index (χ0n) is 54.5. The lowest BCUT2D eigenvalue weighted by atomic mass is 9.99. The van der Waals surface area contributed by atoms with Crippen LogP contribution in [0.3, 0.4) is 0 Å². The monoisotopic (exact) mass is 1170 g/mol. The van der Waals surface area contributed by atoms with Crippen LogP contribution in [0, 0.1) is 0 Å². The highest BCUT2D eigenvalue weighted by Crippen LogP contribution is 2.23. The quantitative estimate of drug-likeness (QED) is 0.0261. The SMILES string of the molecule is CC/C=C\C/C=C\C/C=C\C/C=C\CCCCCCCCCCCCCCCCCCC(=O)NC(COC1OC(CO)C(O)C(O)C1O)C(O)/C=C/CCCCCCCCCCCCCCCCCCCCCCCCCCCCCCC. The van der Waals surface area contributed by atoms with E-state index in [-0.39, 0.29) is 12.5 Å². The van der Waals surface area contributed by atoms with Crippen LogP contribution >= 0.6 is 0 Å². The molecule has 1 aliphatic heterocycles. The van der Waals surface area contributed by atoms with E-state index >= 15 is 0 Å². The van der Waals surface area contributed by atoms with Crippen LogP contribution in [0.4, 0.5) is 0 Å². The molecular formula is C74H137NO8. The van der Waals surface area contributed by atoms with E-state index in [2.05, 4.69) is 67.8 Å². The van der Waals surface area contributed by atoms with Crippen LogP contribution in [0.2, 0.25) is 0 Å². The standard InChI is InChI=1S/C74H137NO8/c1-3-5-7-9-11-13-15-17-19-21-23-25-27-29-31-33-34-36-37-39-41-43-45-47-49-51-53-55-57-59-61-63-68(77)67(66-82-74-73(81)72(80)71(79)69(65-76)83-74)75-70(78)64-62-60-58-56-54-52-50-48-46-44-42-40-38-35-32-30-28-26-24-22-20-18-16-14-12-10-8-6-4-2/h6,8,12,14,18,20,24,26,61,63,67-69,71-74,76-77,79-81H,3-5,7,9-11,13,15-17,19,21-23,25,27-60,62,64-66H2,1-2H3,(H,75,78)/b8-6-,14-12-,20-18-,26-24-,63-61+. The Labute approximate surface area is 513 Å². The average Bonchev–Trinajstić information content (AvgIpc) is 3.60. The Bertz CT molecular complexity index is 1500. The number of unbranched alkanes of at least 4 members (excludes halogenated alkanes) is 45. The molecule has 83 heavy (non-hydrogen) atoms. The molecule has 0 bridgehead atoms. The van der Waals surface area contributed by atoms with Crippen LogP contribution in [-0.4, -0.2) is 87.5 Å². The van der Waals surface area contributed by atoms with E-state index in [9.17, 15) is 30.3 Å². The minimum atomic E-state index is -1.57. The molecule has 9 heteroatoms. The van der Waals surface area contributed by atoms with Crippen LogP contribution in [-0.2, 0) is 14.3 Å². The molecule has 1 amide bonds. The van der Waals surface area contributed by atoms with Crippen molar-refractivity contribution in [3.63, 3.8) is 0 Å². The lowest BCUT2D eigenvalue weighted by molar-refractivity contribution is -0.302. The van der Waals surface area contributed by atoms with E-state index in [1.54, 1.807) is 6.08 Å². The molecule has 1 heterocycles. The van der Waals surface area contributed by atoms with E-state index < -0.39 is 49.5 Å². The molecule has 486 valence electrons. The second kappa shape index (κ2) is 62.9. The van der Waals surface area contributed by atoms with Crippen LogP contribution in [0.15, 0.2) is 60.8 Å². The molecule has 1 saturated heterocycles. The van der Waals surface area contributed by atoms with Crippen molar-refractivity contribution in [2.75, 3.05) is 13.2 Å². The molecule has 0 saturated carbocycles. The third-order valence-electron chi connectivity index (χ3n) is 17.1. The number of aliphatic hydroxyl groups is 5. The number of nitrogens with one attached hydrogen (secondary N) is 1. The molecule has 7 atom stereocenters. The van der Waals surface area contributed by atoms with Gasteiger partial charge in [-0.05, 0) is 57.8 Å². The molecular weight excluding hydrogens is 1030 g/mol. The summed E-state index contributed by atoms with van der Waals surface area (Å²) >= 11 is 0. The Hall–Kier alpha value is -2.11. The second-order valence-electron chi connectivity index (χ2n) is 25.0. The molecule has 9 nitrogen and oxygen atoms in total. The van der Waals surface area contributed by atoms with Gasteiger partial charge in [-0.15, -0.1) is 0 Å². The van der Waals surface area contributed by atoms with Gasteiger partial charge in [0.25, 0.3) is 0 Å². The van der Waals surface area contributed by atoms with E-state index in [0.29, 0.717) is 6.42 Å². The van der Waals surface area contributed by atoms with Gasteiger partial charge in [0.15, 0.2) is 6.29 Å². The van der Waals surface area contributed by atoms with Crippen molar-refractivity contribution in [1.82, 2.24) is 5.32 Å². The molecule has 1 rings (SSSR count). The summed E-state index contributed by atoms with van der Waals surface area (Å²) in [6.45, 7) is 3.71. The van der Waals surface area contributed by atoms with Gasteiger partial charge in [0.2, 0.25) is 5.91 Å². The van der Waals surface area contributed by atoms with Gasteiger partial charge in [-0.1, -0.05) is 344 Å². The molecule has 6 N–H and O–H groups in total. The molecule has 0 aliphatic carbocycles. The molecule has 0 aromatic carbocycles. The molecule has 7 unspecified atom stereocenters. The first-order valence-corrected chi connectivity index (χ1v) is 36.0. The zero-order valence-corrected chi connectivity index (χ0v) is 54.5. The highest BCUT2D eigenvalue weighted by Gasteiger charge is 2.44. The zero-order chi connectivity index (χ0) is 60.0. The number of ether oxygens (including phenoxy) is 2. The summed E-state index contributed by atoms with van der Waals surface area (Å²) in [5.74, 6) is -0.173. The Kier molecular flexibility index (Phi) is 59.8. The van der Waals surface area contributed by atoms with Crippen LogP contribution in [0.1, 0.15) is 348 Å². The van der Waals surface area contributed by atoms with Crippen molar-refractivity contribution < 1.29 is 39.8 Å². The third kappa shape index (κ3) is 51.6. The Balaban J connectivity index is 2.12. The van der Waals surface area contributed by atoms with Crippen molar-refractivity contribution in [3.8, 4) is 0 Å². The van der Waals surface area contributed by atoms with Crippen molar-refractivity contribution in [2.24, 2.45) is 0 Å². The Morgan fingerprint density at radius 3 is 1.11 bits per heavy atom. The van der Waals surface area contributed by atoms with Gasteiger partial charge < -0.3 is 40.3 Å². The summed E-state index contributed by atoms with van der Waals surface area (Å²) in [4.78, 5) is 13.1. The highest BCUT2D eigenvalue weighted by molar-refractivity contribution is 5.76. The first-order chi connectivity index (χ1) is 40.8. The number of hydrogen-bond donors (Lipinski definition) is 6. The van der Waals surface area contributed by atoms with Gasteiger partial charge in [-0.2, -0.15) is 0 Å². The maximum Gasteiger partial charge on any atom is 0.220 e. The molecule has 1 aliphatic rings. The summed E-state index contributed by atoms with van der Waals surface area (Å²) in [5, 5.41) is 54.8. The van der Waals surface area contributed by atoms with Gasteiger partial charge in [-0.25, -0.2) is 0 Å². The minimum absolute atomic E-state index is 0.173. The summed E-state index contributed by atoms with van der Waals surface area (Å²) in [5.41, 5.74) is 0. The summed E-state index contributed by atoms with van der Waals surface area (Å²) in [6, 6.07) is -0.808. The molecule has 0 aromatic rings. The van der Waals surface area contributed by atoms with E-state index in [1.165, 1.54) is 263 Å². The lowest BCUT2D eigenvalue weighted by Crippen LogP contribution is -2.60. The third-order valence-corrected chi connectivity index (χ3v) is 17.1. The summed E-state index contributed by atoms with van der Waals surface area (Å²) in [6.07, 6.45) is 80.5. The predicted molar refractivity (Wildman–Crippen MR) is 355 cm³/mol. The molecule has 1 fully saturated rings. The van der Waals surface area contributed by atoms with Gasteiger partial charge >= 0.3 is 0 Å². The minimum Gasteiger partial charge on any atom is -0.394 e. The first-order valence-electron chi connectivity index (χ1n) is 36.0. The molecule has 0 spiro atoms. The highest BCUT2D eigenvalue weighted by atomic mass is 16.7. The van der Waals surface area contributed by atoms with Gasteiger partial charge in [0, 0.05) is 6.42 Å². The van der Waals surface area contributed by atoms with E-state index in [4.69, 9.17) is 9.47 Å². The maximum absolute atomic E-state index is 13.1. The summed E-state index contributed by atoms with van der Waals surface area (Å²) in [7, 11) is 0. The van der Waals surface area contributed by atoms with Crippen molar-refractivity contribution in [2.45, 2.75) is 391 Å². The number of allylic oxidation sites excluding steroid dienone is 9. The smallest absolute Gasteiger partial charge is 0.220 e. The fraction of sp³-hybridized carbons (Fsp3) is 0.851. The Morgan fingerprint density at radius 2 is 0.747 bits per heavy atom. The van der Waals surface area contributed by atoms with E-state index in [0.717, 1.165) is 64.2 Å². The Morgan fingerprint density at radius 1 is 0.422 bits per heavy atom. The number of carbonyl (C=O) groups excluding carboxylic acids is 1. The molecule has 0 aromatic heterocycles. The van der Waals surface area contributed by atoms with Crippen LogP contribution in [0.25, 0.3) is 0 Å². The van der Waals surface area contributed by atoms with E-state index in [1.807, 2.05) is 6.08 Å². The van der Waals surface area contributed by atoms with Crippen molar-refractivity contribution in [1.29, 1.82) is 0 Å². The van der Waals surface area contributed by atoms with Crippen molar-refractivity contribution in [3.05, 3.63) is 60.8 Å². The second-order valence-corrected chi connectivity index (χ2v) is 25.0. The van der Waals surface area contributed by atoms with Crippen LogP contribution < -0.4 is 5.32 Å². The van der Waals surface area contributed by atoms with Crippen LogP contribution in [0.5, 0.6) is 0 Å². The number of aliphatic hydroxyl groups excluding tert-OH is 5. The topological polar surface area (TPSA) is 149 Å². The predicted octanol–water partition coefficient (Wildman–Crippen LogP) is 19.8. The largest absolute Gasteiger partial charge is 0.394 e. The lowest BCUT2D eigenvalue weighted by Gasteiger charge is -2.40. The van der Waals surface area contributed by atoms with Crippen molar-refractivity contribution >= 4 is 5.91 Å². The maximum atomic E-state index is 13.1. The first kappa shape index (κ1) is 78.9. The van der Waals surface area contributed by atoms with Gasteiger partial charge in [0.05, 0.1) is 25.4 Å².